The summed E-state index contributed by atoms with van der Waals surface area (Å²) in [7, 11) is 0. The molecule has 1 saturated heterocycles. The molecule has 234 valence electrons. The molecular weight excluding hydrogens is 570 g/mol. The normalized spacial score (nSPS) is 16.1. The van der Waals surface area contributed by atoms with Crippen LogP contribution in [0.25, 0.3) is 0 Å². The quantitative estimate of drug-likeness (QED) is 0.236. The minimum atomic E-state index is -0.257. The van der Waals surface area contributed by atoms with E-state index in [0.29, 0.717) is 46.9 Å². The van der Waals surface area contributed by atoms with Crippen LogP contribution in [0, 0.1) is 5.92 Å². The highest BCUT2D eigenvalue weighted by Gasteiger charge is 2.33. The second kappa shape index (κ2) is 13.9. The van der Waals surface area contributed by atoms with Gasteiger partial charge in [-0.05, 0) is 118 Å². The molecule has 2 aliphatic heterocycles. The van der Waals surface area contributed by atoms with Gasteiger partial charge in [-0.1, -0.05) is 12.1 Å². The van der Waals surface area contributed by atoms with Gasteiger partial charge in [0.15, 0.2) is 6.61 Å². The molecule has 2 fully saturated rings. The molecule has 0 bridgehead atoms. The maximum atomic E-state index is 13.4. The molecule has 4 amide bonds. The lowest BCUT2D eigenvalue weighted by Gasteiger charge is -2.24. The fourth-order valence-electron chi connectivity index (χ4n) is 5.86. The number of amides is 4. The van der Waals surface area contributed by atoms with E-state index in [9.17, 15) is 19.2 Å². The van der Waals surface area contributed by atoms with E-state index in [2.05, 4.69) is 21.3 Å². The van der Waals surface area contributed by atoms with E-state index in [0.717, 1.165) is 50.3 Å². The number of carbonyl (C=O) groups excluding carboxylic acids is 4. The molecule has 10 heteroatoms. The second-order valence-corrected chi connectivity index (χ2v) is 12.0. The summed E-state index contributed by atoms with van der Waals surface area (Å²) in [6.45, 7) is 3.18. The topological polar surface area (TPSA) is 129 Å². The van der Waals surface area contributed by atoms with Crippen LogP contribution in [0.3, 0.4) is 0 Å². The van der Waals surface area contributed by atoms with Crippen LogP contribution < -0.4 is 26.0 Å². The molecule has 6 rings (SSSR count). The number of anilines is 2. The summed E-state index contributed by atoms with van der Waals surface area (Å²) in [5.41, 5.74) is 3.63. The maximum Gasteiger partial charge on any atom is 0.262 e. The van der Waals surface area contributed by atoms with Gasteiger partial charge in [0.05, 0.1) is 5.69 Å². The van der Waals surface area contributed by atoms with Crippen molar-refractivity contribution < 1.29 is 23.9 Å². The highest BCUT2D eigenvalue weighted by Crippen LogP contribution is 2.33. The Kier molecular flexibility index (Phi) is 9.40. The number of piperidine rings is 1. The molecule has 2 heterocycles. The zero-order chi connectivity index (χ0) is 31.2. The van der Waals surface area contributed by atoms with Crippen molar-refractivity contribution in [1.29, 1.82) is 0 Å². The Morgan fingerprint density at radius 3 is 2.27 bits per heavy atom. The number of carbonyl (C=O) groups is 4. The summed E-state index contributed by atoms with van der Waals surface area (Å²) in [6, 6.07) is 19.4. The number of nitrogens with zero attached hydrogens (tertiary/aromatic N) is 1. The summed E-state index contributed by atoms with van der Waals surface area (Å²) < 4.78 is 5.49. The van der Waals surface area contributed by atoms with E-state index < -0.39 is 0 Å². The van der Waals surface area contributed by atoms with Crippen LogP contribution in [-0.4, -0.2) is 60.8 Å². The Morgan fingerprint density at radius 2 is 1.53 bits per heavy atom. The predicted molar refractivity (Wildman–Crippen MR) is 171 cm³/mol. The lowest BCUT2D eigenvalue weighted by atomic mass is 9.93. The highest BCUT2D eigenvalue weighted by atomic mass is 16.5. The van der Waals surface area contributed by atoms with E-state index in [-0.39, 0.29) is 36.3 Å². The zero-order valence-corrected chi connectivity index (χ0v) is 25.3. The van der Waals surface area contributed by atoms with Crippen molar-refractivity contribution in [2.75, 3.05) is 36.9 Å². The smallest absolute Gasteiger partial charge is 0.262 e. The number of benzene rings is 3. The van der Waals surface area contributed by atoms with Crippen LogP contribution in [0.5, 0.6) is 5.75 Å². The lowest BCUT2D eigenvalue weighted by molar-refractivity contribution is -0.118. The maximum absolute atomic E-state index is 13.4. The molecule has 3 aliphatic rings. The third kappa shape index (κ3) is 7.88. The van der Waals surface area contributed by atoms with Gasteiger partial charge in [-0.25, -0.2) is 0 Å². The Bertz CT molecular complexity index is 1550. The summed E-state index contributed by atoms with van der Waals surface area (Å²) in [6.07, 6.45) is 6.43. The zero-order valence-electron chi connectivity index (χ0n) is 25.3. The SMILES string of the molecule is O=C1COc2cc(C(=O)N(Cc3ccc(C(=O)Nc4ccc(C(=O)NCCCC5CCNCC5)cc4)cc3)C3CC3)ccc2N1. The van der Waals surface area contributed by atoms with Gasteiger partial charge in [-0.2, -0.15) is 0 Å². The van der Waals surface area contributed by atoms with E-state index in [4.69, 9.17) is 4.74 Å². The molecule has 3 aromatic rings. The van der Waals surface area contributed by atoms with E-state index in [1.165, 1.54) is 12.8 Å². The van der Waals surface area contributed by atoms with Gasteiger partial charge in [0.1, 0.15) is 5.75 Å². The molecule has 3 aromatic carbocycles. The first-order valence-corrected chi connectivity index (χ1v) is 15.8. The minimum absolute atomic E-state index is 0.0711. The van der Waals surface area contributed by atoms with Gasteiger partial charge in [0.25, 0.3) is 23.6 Å². The number of rotatable bonds is 11. The first-order valence-electron chi connectivity index (χ1n) is 15.8. The van der Waals surface area contributed by atoms with Gasteiger partial charge in [-0.3, -0.25) is 19.2 Å². The van der Waals surface area contributed by atoms with Gasteiger partial charge in [0, 0.05) is 41.5 Å². The average Bonchev–Trinajstić information content (AvgIpc) is 3.92. The van der Waals surface area contributed by atoms with E-state index in [1.807, 2.05) is 17.0 Å². The second-order valence-electron chi connectivity index (χ2n) is 12.0. The molecule has 0 aromatic heterocycles. The molecule has 0 unspecified atom stereocenters. The summed E-state index contributed by atoms with van der Waals surface area (Å²) in [5, 5.41) is 12.0. The molecule has 1 saturated carbocycles. The standard InChI is InChI=1S/C35H39N5O5/c41-32-22-45-31-20-27(9-14-30(31)39-32)35(44)40(29-12-13-29)21-24-3-5-26(6-4-24)34(43)38-28-10-7-25(8-11-28)33(42)37-17-1-2-23-15-18-36-19-16-23/h3-11,14,20,23,29,36H,1-2,12-13,15-19,21-22H2,(H,37,42)(H,38,43)(H,39,41). The first kappa shape index (κ1) is 30.3. The first-order chi connectivity index (χ1) is 21.9. The molecule has 1 aliphatic carbocycles. The Morgan fingerprint density at radius 1 is 0.844 bits per heavy atom. The van der Waals surface area contributed by atoms with E-state index in [1.54, 1.807) is 54.6 Å². The van der Waals surface area contributed by atoms with Crippen molar-refractivity contribution in [2.45, 2.75) is 51.1 Å². The number of nitrogens with one attached hydrogen (secondary N) is 4. The third-order valence-corrected chi connectivity index (χ3v) is 8.62. The van der Waals surface area contributed by atoms with Gasteiger partial charge < -0.3 is 30.9 Å². The van der Waals surface area contributed by atoms with Gasteiger partial charge in [0.2, 0.25) is 0 Å². The van der Waals surface area contributed by atoms with Crippen LogP contribution in [0.4, 0.5) is 11.4 Å². The number of ether oxygens (including phenoxy) is 1. The van der Waals surface area contributed by atoms with Gasteiger partial charge >= 0.3 is 0 Å². The van der Waals surface area contributed by atoms with Crippen LogP contribution in [0.2, 0.25) is 0 Å². The number of hydrogen-bond acceptors (Lipinski definition) is 6. The molecule has 0 spiro atoms. The fourth-order valence-corrected chi connectivity index (χ4v) is 5.86. The molecular formula is C35H39N5O5. The molecule has 45 heavy (non-hydrogen) atoms. The Labute approximate surface area is 262 Å². The van der Waals surface area contributed by atoms with Crippen molar-refractivity contribution in [3.8, 4) is 5.75 Å². The summed E-state index contributed by atoms with van der Waals surface area (Å²) >= 11 is 0. The van der Waals surface area contributed by atoms with E-state index >= 15 is 0 Å². The average molecular weight is 610 g/mol. The molecule has 0 radical (unpaired) electrons. The number of hydrogen-bond donors (Lipinski definition) is 4. The molecule has 0 atom stereocenters. The number of fused-ring (bicyclic) bond motifs is 1. The van der Waals surface area contributed by atoms with Crippen molar-refractivity contribution in [3.05, 3.63) is 89.0 Å². The lowest BCUT2D eigenvalue weighted by Crippen LogP contribution is -2.33. The fraction of sp³-hybridized carbons (Fsp3) is 0.371. The largest absolute Gasteiger partial charge is 0.482 e. The Hall–Kier alpha value is -4.70. The molecule has 10 nitrogen and oxygen atoms in total. The van der Waals surface area contributed by atoms with Crippen LogP contribution in [0.15, 0.2) is 66.7 Å². The molecule has 4 N–H and O–H groups in total. The summed E-state index contributed by atoms with van der Waals surface area (Å²) in [4.78, 5) is 52.3. The van der Waals surface area contributed by atoms with Crippen molar-refractivity contribution in [1.82, 2.24) is 15.5 Å². The van der Waals surface area contributed by atoms with Crippen molar-refractivity contribution in [2.24, 2.45) is 5.92 Å². The predicted octanol–water partition coefficient (Wildman–Crippen LogP) is 4.58. The minimum Gasteiger partial charge on any atom is -0.482 e. The van der Waals surface area contributed by atoms with Crippen LogP contribution in [0.1, 0.15) is 75.2 Å². The Balaban J connectivity index is 0.995. The monoisotopic (exact) mass is 609 g/mol. The van der Waals surface area contributed by atoms with Crippen molar-refractivity contribution >= 4 is 35.0 Å². The highest BCUT2D eigenvalue weighted by molar-refractivity contribution is 6.04. The third-order valence-electron chi connectivity index (χ3n) is 8.62. The van der Waals surface area contributed by atoms with Crippen LogP contribution >= 0.6 is 0 Å². The summed E-state index contributed by atoms with van der Waals surface area (Å²) in [5.74, 6) is 0.552. The van der Waals surface area contributed by atoms with Crippen molar-refractivity contribution in [3.63, 3.8) is 0 Å². The van der Waals surface area contributed by atoms with Gasteiger partial charge in [-0.15, -0.1) is 0 Å². The van der Waals surface area contributed by atoms with Crippen LogP contribution in [-0.2, 0) is 11.3 Å².